The van der Waals surface area contributed by atoms with Crippen LogP contribution >= 0.6 is 11.3 Å². The fraction of sp³-hybridized carbons (Fsp3) is 0.593. The van der Waals surface area contributed by atoms with Gasteiger partial charge in [0.15, 0.2) is 0 Å². The quantitative estimate of drug-likeness (QED) is 0.441. The monoisotopic (exact) mass is 546 g/mol. The van der Waals surface area contributed by atoms with Gasteiger partial charge in [0.25, 0.3) is 5.91 Å². The number of carbonyl (C=O) groups excluding carboxylic acids is 1. The van der Waals surface area contributed by atoms with Crippen molar-refractivity contribution in [3.63, 3.8) is 0 Å². The van der Waals surface area contributed by atoms with Crippen molar-refractivity contribution < 1.29 is 17.9 Å². The summed E-state index contributed by atoms with van der Waals surface area (Å²) in [5, 5.41) is 5.64. The molecule has 0 saturated carbocycles. The lowest BCUT2D eigenvalue weighted by molar-refractivity contribution is 0.100. The van der Waals surface area contributed by atoms with Crippen molar-refractivity contribution in [2.75, 3.05) is 57.5 Å². The third kappa shape index (κ3) is 5.88. The molecule has 37 heavy (non-hydrogen) atoms. The maximum atomic E-state index is 12.7. The van der Waals surface area contributed by atoms with E-state index in [2.05, 4.69) is 27.7 Å². The van der Waals surface area contributed by atoms with E-state index in [0.717, 1.165) is 48.3 Å². The van der Waals surface area contributed by atoms with Crippen LogP contribution in [0, 0.1) is 5.92 Å². The zero-order chi connectivity index (χ0) is 26.0. The Morgan fingerprint density at radius 2 is 1.89 bits per heavy atom. The third-order valence-electron chi connectivity index (χ3n) is 8.11. The molecule has 0 bridgehead atoms. The van der Waals surface area contributed by atoms with Crippen LogP contribution in [0.3, 0.4) is 0 Å². The molecule has 1 atom stereocenters. The summed E-state index contributed by atoms with van der Waals surface area (Å²) < 4.78 is 32.1. The van der Waals surface area contributed by atoms with E-state index >= 15 is 0 Å². The predicted octanol–water partition coefficient (Wildman–Crippen LogP) is 3.70. The number of amides is 1. The SMILES string of the molecule is COCCCS(=O)(=O)N1CCC(C2CNc3c(C(N)=O)cc(-c4csc(CN5CCCC5)c4)cc32)CC1. The molecule has 2 aromatic rings. The van der Waals surface area contributed by atoms with E-state index in [9.17, 15) is 13.2 Å². The minimum Gasteiger partial charge on any atom is -0.385 e. The first kappa shape index (κ1) is 26.6. The first-order valence-electron chi connectivity index (χ1n) is 13.3. The molecule has 0 radical (unpaired) electrons. The number of ether oxygens (including phenoxy) is 1. The van der Waals surface area contributed by atoms with Gasteiger partial charge in [-0.2, -0.15) is 0 Å². The molecule has 2 fully saturated rings. The van der Waals surface area contributed by atoms with Crippen LogP contribution in [0.5, 0.6) is 0 Å². The van der Waals surface area contributed by atoms with Crippen LogP contribution in [0.4, 0.5) is 5.69 Å². The van der Waals surface area contributed by atoms with E-state index in [4.69, 9.17) is 10.5 Å². The highest BCUT2D eigenvalue weighted by Gasteiger charge is 2.36. The molecule has 202 valence electrons. The largest absolute Gasteiger partial charge is 0.385 e. The molecular weight excluding hydrogens is 508 g/mol. The van der Waals surface area contributed by atoms with Gasteiger partial charge in [-0.15, -0.1) is 11.3 Å². The van der Waals surface area contributed by atoms with E-state index in [1.54, 1.807) is 22.8 Å². The van der Waals surface area contributed by atoms with Crippen molar-refractivity contribution in [3.8, 4) is 11.1 Å². The maximum absolute atomic E-state index is 12.7. The van der Waals surface area contributed by atoms with Crippen molar-refractivity contribution in [1.29, 1.82) is 0 Å². The summed E-state index contributed by atoms with van der Waals surface area (Å²) in [5.41, 5.74) is 10.5. The number of nitrogens with one attached hydrogen (secondary N) is 1. The van der Waals surface area contributed by atoms with Gasteiger partial charge < -0.3 is 15.8 Å². The van der Waals surface area contributed by atoms with Gasteiger partial charge in [0.2, 0.25) is 10.0 Å². The number of sulfonamides is 1. The molecule has 0 spiro atoms. The molecule has 3 N–H and O–H groups in total. The zero-order valence-electron chi connectivity index (χ0n) is 21.6. The number of nitrogens with zero attached hydrogens (tertiary/aromatic N) is 2. The van der Waals surface area contributed by atoms with E-state index in [1.807, 2.05) is 6.07 Å². The predicted molar refractivity (Wildman–Crippen MR) is 149 cm³/mol. The number of primary amides is 1. The molecule has 3 aliphatic rings. The van der Waals surface area contributed by atoms with Crippen LogP contribution in [0.15, 0.2) is 23.6 Å². The highest BCUT2D eigenvalue weighted by Crippen LogP contribution is 2.44. The number of piperidine rings is 1. The van der Waals surface area contributed by atoms with Gasteiger partial charge in [-0.25, -0.2) is 12.7 Å². The lowest BCUT2D eigenvalue weighted by atomic mass is 9.80. The van der Waals surface area contributed by atoms with Crippen LogP contribution in [-0.2, 0) is 21.3 Å². The van der Waals surface area contributed by atoms with Crippen molar-refractivity contribution in [2.45, 2.75) is 44.6 Å². The van der Waals surface area contributed by atoms with Gasteiger partial charge >= 0.3 is 0 Å². The van der Waals surface area contributed by atoms with Crippen molar-refractivity contribution >= 4 is 33.0 Å². The van der Waals surface area contributed by atoms with E-state index < -0.39 is 15.9 Å². The minimum absolute atomic E-state index is 0.130. The van der Waals surface area contributed by atoms with Gasteiger partial charge in [0.1, 0.15) is 0 Å². The van der Waals surface area contributed by atoms with Gasteiger partial charge in [0.05, 0.1) is 17.0 Å². The first-order valence-corrected chi connectivity index (χ1v) is 15.8. The lowest BCUT2D eigenvalue weighted by Crippen LogP contribution is -2.41. The maximum Gasteiger partial charge on any atom is 0.250 e. The Hall–Kier alpha value is -1.98. The molecule has 10 heteroatoms. The average Bonchev–Trinajstić information content (AvgIpc) is 3.65. The Morgan fingerprint density at radius 1 is 1.14 bits per heavy atom. The number of fused-ring (bicyclic) bond motifs is 1. The van der Waals surface area contributed by atoms with Crippen molar-refractivity contribution in [2.24, 2.45) is 11.7 Å². The summed E-state index contributed by atoms with van der Waals surface area (Å²) in [7, 11) is -1.67. The van der Waals surface area contributed by atoms with Gasteiger partial charge in [0, 0.05) is 50.7 Å². The molecule has 5 rings (SSSR count). The standard InChI is InChI=1S/C27H38N4O4S2/c1-35-11-4-12-37(33,34)31-9-5-19(6-10-31)25-16-29-26-23(25)14-20(15-24(26)27(28)32)21-13-22(36-18-21)17-30-7-2-3-8-30/h13-15,18-19,25,29H,2-12,16-17H2,1H3,(H2,28,32). The number of hydrogen-bond acceptors (Lipinski definition) is 7. The Kier molecular flexibility index (Phi) is 8.21. The Balaban J connectivity index is 1.33. The van der Waals surface area contributed by atoms with Crippen LogP contribution in [0.25, 0.3) is 11.1 Å². The Morgan fingerprint density at radius 3 is 2.59 bits per heavy atom. The van der Waals surface area contributed by atoms with Crippen molar-refractivity contribution in [1.82, 2.24) is 9.21 Å². The summed E-state index contributed by atoms with van der Waals surface area (Å²) in [6.45, 7) is 5.59. The number of hydrogen-bond donors (Lipinski definition) is 2. The number of benzene rings is 1. The number of carbonyl (C=O) groups is 1. The van der Waals surface area contributed by atoms with Crippen LogP contribution < -0.4 is 11.1 Å². The molecule has 8 nitrogen and oxygen atoms in total. The summed E-state index contributed by atoms with van der Waals surface area (Å²) in [6, 6.07) is 6.40. The zero-order valence-corrected chi connectivity index (χ0v) is 23.2. The van der Waals surface area contributed by atoms with Crippen LogP contribution in [-0.4, -0.2) is 75.7 Å². The van der Waals surface area contributed by atoms with Gasteiger partial charge in [-0.05, 0) is 91.4 Å². The summed E-state index contributed by atoms with van der Waals surface area (Å²) in [5.74, 6) is 0.290. The first-order chi connectivity index (χ1) is 17.9. The highest BCUT2D eigenvalue weighted by atomic mass is 32.2. The summed E-state index contributed by atoms with van der Waals surface area (Å²) >= 11 is 1.77. The summed E-state index contributed by atoms with van der Waals surface area (Å²) in [6.07, 6.45) is 4.68. The second kappa shape index (κ2) is 11.4. The second-order valence-corrected chi connectivity index (χ2v) is 13.6. The molecule has 2 saturated heterocycles. The smallest absolute Gasteiger partial charge is 0.250 e. The average molecular weight is 547 g/mol. The molecule has 1 unspecified atom stereocenters. The second-order valence-electron chi connectivity index (χ2n) is 10.5. The number of methoxy groups -OCH3 is 1. The number of thiophene rings is 1. The molecule has 4 heterocycles. The van der Waals surface area contributed by atoms with Gasteiger partial charge in [-0.1, -0.05) is 0 Å². The molecule has 0 aliphatic carbocycles. The Labute approximate surface area is 224 Å². The molecule has 1 aromatic carbocycles. The molecule has 3 aliphatic heterocycles. The molecule has 1 amide bonds. The topological polar surface area (TPSA) is 105 Å². The number of rotatable bonds is 10. The molecular formula is C27H38N4O4S2. The van der Waals surface area contributed by atoms with E-state index in [0.29, 0.717) is 37.6 Å². The molecule has 1 aromatic heterocycles. The number of nitrogens with two attached hydrogens (primary N) is 1. The fourth-order valence-electron chi connectivity index (χ4n) is 6.10. The number of anilines is 1. The highest BCUT2D eigenvalue weighted by molar-refractivity contribution is 7.89. The number of likely N-dealkylation sites (tertiary alicyclic amines) is 1. The lowest BCUT2D eigenvalue weighted by Gasteiger charge is -2.34. The van der Waals surface area contributed by atoms with Crippen LogP contribution in [0.1, 0.15) is 58.8 Å². The fourth-order valence-corrected chi connectivity index (χ4v) is 8.55. The van der Waals surface area contributed by atoms with E-state index in [1.165, 1.54) is 30.8 Å². The van der Waals surface area contributed by atoms with Crippen molar-refractivity contribution in [3.05, 3.63) is 39.6 Å². The van der Waals surface area contributed by atoms with E-state index in [-0.39, 0.29) is 11.7 Å². The van der Waals surface area contributed by atoms with Gasteiger partial charge in [-0.3, -0.25) is 9.69 Å². The summed E-state index contributed by atoms with van der Waals surface area (Å²) in [4.78, 5) is 16.3. The van der Waals surface area contributed by atoms with Crippen LogP contribution in [0.2, 0.25) is 0 Å². The third-order valence-corrected chi connectivity index (χ3v) is 11.0. The Bertz CT molecular complexity index is 1210. The minimum atomic E-state index is -3.26. The normalized spacial score (nSPS) is 21.3.